The molecule has 2 N–H and O–H groups in total. The van der Waals surface area contributed by atoms with Crippen LogP contribution in [0, 0.1) is 12.8 Å². The van der Waals surface area contributed by atoms with Crippen molar-refractivity contribution in [2.24, 2.45) is 11.7 Å². The molecule has 1 aliphatic rings. The average molecular weight is 267 g/mol. The molecule has 3 nitrogen and oxygen atoms in total. The maximum atomic E-state index is 12.4. The Hall–Kier alpha value is -1.06. The van der Waals surface area contributed by atoms with Crippen molar-refractivity contribution in [2.75, 3.05) is 13.6 Å². The Balaban J connectivity index is 2.22. The first-order valence-corrected chi connectivity index (χ1v) is 6.66. The fourth-order valence-corrected chi connectivity index (χ4v) is 2.51. The Morgan fingerprint density at radius 1 is 1.56 bits per heavy atom. The van der Waals surface area contributed by atoms with Crippen LogP contribution in [0.3, 0.4) is 0 Å². The van der Waals surface area contributed by atoms with Crippen molar-refractivity contribution in [2.45, 2.75) is 25.8 Å². The molecule has 1 aliphatic carbocycles. The quantitative estimate of drug-likeness (QED) is 0.910. The van der Waals surface area contributed by atoms with E-state index in [-0.39, 0.29) is 11.9 Å². The van der Waals surface area contributed by atoms with Crippen molar-refractivity contribution in [1.82, 2.24) is 4.90 Å². The van der Waals surface area contributed by atoms with Crippen LogP contribution in [-0.2, 0) is 0 Å². The first kappa shape index (κ1) is 13.4. The Bertz CT molecular complexity index is 457. The van der Waals surface area contributed by atoms with E-state index in [4.69, 9.17) is 17.3 Å². The third-order valence-corrected chi connectivity index (χ3v) is 4.15. The van der Waals surface area contributed by atoms with Gasteiger partial charge in [0.25, 0.3) is 5.91 Å². The highest BCUT2D eigenvalue weighted by Crippen LogP contribution is 2.35. The molecule has 1 atom stereocenters. The zero-order valence-corrected chi connectivity index (χ0v) is 11.6. The number of hydrogen-bond donors (Lipinski definition) is 1. The maximum absolute atomic E-state index is 12.4. The van der Waals surface area contributed by atoms with Gasteiger partial charge in [0, 0.05) is 19.6 Å². The number of hydrogen-bond acceptors (Lipinski definition) is 2. The number of benzene rings is 1. The summed E-state index contributed by atoms with van der Waals surface area (Å²) in [6.45, 7) is 2.41. The Morgan fingerprint density at radius 3 is 2.78 bits per heavy atom. The molecule has 1 fully saturated rings. The highest BCUT2D eigenvalue weighted by molar-refractivity contribution is 6.34. The number of carbonyl (C=O) groups excluding carboxylic acids is 1. The molecule has 0 heterocycles. The van der Waals surface area contributed by atoms with Crippen LogP contribution in [0.4, 0.5) is 0 Å². The smallest absolute Gasteiger partial charge is 0.255 e. The summed E-state index contributed by atoms with van der Waals surface area (Å²) >= 11 is 6.20. The lowest BCUT2D eigenvalue weighted by molar-refractivity contribution is 0.0719. The molecule has 0 aromatic heterocycles. The molecular formula is C14H19ClN2O. The van der Waals surface area contributed by atoms with Gasteiger partial charge in [0.2, 0.25) is 0 Å². The molecule has 2 rings (SSSR count). The van der Waals surface area contributed by atoms with E-state index in [9.17, 15) is 4.79 Å². The van der Waals surface area contributed by atoms with Gasteiger partial charge < -0.3 is 10.6 Å². The van der Waals surface area contributed by atoms with Gasteiger partial charge >= 0.3 is 0 Å². The van der Waals surface area contributed by atoms with Gasteiger partial charge in [-0.1, -0.05) is 23.7 Å². The lowest BCUT2D eigenvalue weighted by Crippen LogP contribution is -2.43. The van der Waals surface area contributed by atoms with Crippen LogP contribution in [0.15, 0.2) is 18.2 Å². The summed E-state index contributed by atoms with van der Waals surface area (Å²) in [5, 5.41) is 0.543. The van der Waals surface area contributed by atoms with Crippen LogP contribution in [-0.4, -0.2) is 30.4 Å². The van der Waals surface area contributed by atoms with Gasteiger partial charge in [0.1, 0.15) is 0 Å². The number of halogens is 1. The summed E-state index contributed by atoms with van der Waals surface area (Å²) in [5.41, 5.74) is 7.26. The summed E-state index contributed by atoms with van der Waals surface area (Å²) in [7, 11) is 1.82. The molecule has 0 saturated heterocycles. The number of amides is 1. The first-order chi connectivity index (χ1) is 8.56. The molecule has 1 saturated carbocycles. The number of rotatable bonds is 4. The highest BCUT2D eigenvalue weighted by Gasteiger charge is 2.35. The number of carbonyl (C=O) groups is 1. The molecule has 0 radical (unpaired) electrons. The van der Waals surface area contributed by atoms with Crippen molar-refractivity contribution < 1.29 is 4.79 Å². The van der Waals surface area contributed by atoms with E-state index in [0.717, 1.165) is 5.56 Å². The number of nitrogens with zero attached hydrogens (tertiary/aromatic N) is 1. The van der Waals surface area contributed by atoms with Gasteiger partial charge in [-0.2, -0.15) is 0 Å². The zero-order valence-electron chi connectivity index (χ0n) is 10.8. The monoisotopic (exact) mass is 266 g/mol. The molecular weight excluding hydrogens is 248 g/mol. The summed E-state index contributed by atoms with van der Waals surface area (Å²) in [6, 6.07) is 5.67. The number of nitrogens with two attached hydrogens (primary N) is 1. The minimum atomic E-state index is -0.0361. The molecule has 4 heteroatoms. The lowest BCUT2D eigenvalue weighted by Gasteiger charge is -2.27. The van der Waals surface area contributed by atoms with Crippen molar-refractivity contribution in [3.8, 4) is 0 Å². The topological polar surface area (TPSA) is 46.3 Å². The molecule has 1 aromatic rings. The second kappa shape index (κ2) is 5.29. The van der Waals surface area contributed by atoms with Crippen LogP contribution in [0.5, 0.6) is 0 Å². The third-order valence-electron chi connectivity index (χ3n) is 3.65. The van der Waals surface area contributed by atoms with Gasteiger partial charge in [0.05, 0.1) is 10.6 Å². The van der Waals surface area contributed by atoms with Crippen molar-refractivity contribution >= 4 is 17.5 Å². The molecule has 18 heavy (non-hydrogen) atoms. The summed E-state index contributed by atoms with van der Waals surface area (Å²) in [4.78, 5) is 14.2. The number of likely N-dealkylation sites (N-methyl/N-ethyl adjacent to an activating group) is 1. The summed E-state index contributed by atoms with van der Waals surface area (Å²) < 4.78 is 0. The average Bonchev–Trinajstić information content (AvgIpc) is 3.17. The van der Waals surface area contributed by atoms with Gasteiger partial charge in [-0.3, -0.25) is 4.79 Å². The summed E-state index contributed by atoms with van der Waals surface area (Å²) in [5.74, 6) is 0.526. The maximum Gasteiger partial charge on any atom is 0.255 e. The van der Waals surface area contributed by atoms with E-state index in [1.165, 1.54) is 12.8 Å². The standard InChI is InChI=1S/C14H19ClN2O/c1-9-4-3-5-11(13(9)15)14(18)17(2)12(8-16)10-6-7-10/h3-5,10,12H,6-8,16H2,1-2H3. The van der Waals surface area contributed by atoms with Crippen molar-refractivity contribution in [3.63, 3.8) is 0 Å². The third kappa shape index (κ3) is 2.52. The van der Waals surface area contributed by atoms with E-state index >= 15 is 0 Å². The van der Waals surface area contributed by atoms with Crippen LogP contribution in [0.2, 0.25) is 5.02 Å². The largest absolute Gasteiger partial charge is 0.337 e. The predicted molar refractivity (Wildman–Crippen MR) is 73.8 cm³/mol. The molecule has 1 amide bonds. The van der Waals surface area contributed by atoms with Crippen LogP contribution in [0.1, 0.15) is 28.8 Å². The second-order valence-electron chi connectivity index (χ2n) is 4.99. The van der Waals surface area contributed by atoms with Gasteiger partial charge in [-0.05, 0) is 37.3 Å². The molecule has 0 aliphatic heterocycles. The van der Waals surface area contributed by atoms with Crippen molar-refractivity contribution in [3.05, 3.63) is 34.3 Å². The molecule has 0 bridgehead atoms. The van der Waals surface area contributed by atoms with Crippen LogP contribution in [0.25, 0.3) is 0 Å². The first-order valence-electron chi connectivity index (χ1n) is 6.28. The molecule has 1 aromatic carbocycles. The Morgan fingerprint density at radius 2 is 2.22 bits per heavy atom. The van der Waals surface area contributed by atoms with Crippen LogP contribution < -0.4 is 5.73 Å². The van der Waals surface area contributed by atoms with Gasteiger partial charge in [0.15, 0.2) is 0 Å². The summed E-state index contributed by atoms with van der Waals surface area (Å²) in [6.07, 6.45) is 2.34. The fourth-order valence-electron chi connectivity index (χ4n) is 2.30. The molecule has 0 spiro atoms. The van der Waals surface area contributed by atoms with Gasteiger partial charge in [-0.25, -0.2) is 0 Å². The highest BCUT2D eigenvalue weighted by atomic mass is 35.5. The minimum absolute atomic E-state index is 0.0361. The van der Waals surface area contributed by atoms with Crippen LogP contribution >= 0.6 is 11.6 Å². The van der Waals surface area contributed by atoms with E-state index in [0.29, 0.717) is 23.0 Å². The zero-order chi connectivity index (χ0) is 13.3. The van der Waals surface area contributed by atoms with E-state index < -0.39 is 0 Å². The van der Waals surface area contributed by atoms with E-state index in [2.05, 4.69) is 0 Å². The molecule has 98 valence electrons. The fraction of sp³-hybridized carbons (Fsp3) is 0.500. The van der Waals surface area contributed by atoms with Gasteiger partial charge in [-0.15, -0.1) is 0 Å². The van der Waals surface area contributed by atoms with E-state index in [1.54, 1.807) is 11.0 Å². The van der Waals surface area contributed by atoms with E-state index in [1.807, 2.05) is 26.1 Å². The normalized spacial score (nSPS) is 16.4. The SMILES string of the molecule is Cc1cccc(C(=O)N(C)C(CN)C2CC2)c1Cl. The number of aryl methyl sites for hydroxylation is 1. The Kier molecular flexibility index (Phi) is 3.93. The second-order valence-corrected chi connectivity index (χ2v) is 5.37. The lowest BCUT2D eigenvalue weighted by atomic mass is 10.1. The molecule has 1 unspecified atom stereocenters. The predicted octanol–water partition coefficient (Wildman–Crippen LogP) is 2.46. The van der Waals surface area contributed by atoms with Crippen molar-refractivity contribution in [1.29, 1.82) is 0 Å². The Labute approximate surface area is 113 Å². The minimum Gasteiger partial charge on any atom is -0.337 e.